The van der Waals surface area contributed by atoms with Gasteiger partial charge < -0.3 is 19.7 Å². The average molecular weight is 291 g/mol. The zero-order valence-corrected chi connectivity index (χ0v) is 13.5. The van der Waals surface area contributed by atoms with Crippen molar-refractivity contribution in [1.29, 1.82) is 0 Å². The number of nitrogens with one attached hydrogen (secondary N) is 1. The second-order valence-corrected chi connectivity index (χ2v) is 6.55. The van der Waals surface area contributed by atoms with E-state index in [-0.39, 0.29) is 24.9 Å². The Morgan fingerprint density at radius 2 is 1.57 bits per heavy atom. The van der Waals surface area contributed by atoms with Gasteiger partial charge in [0.05, 0.1) is 17.8 Å². The first-order valence-electron chi connectivity index (χ1n) is 7.62. The molecule has 0 spiro atoms. The number of hydrogen-bond donors (Lipinski definition) is 2. The third-order valence-electron chi connectivity index (χ3n) is 4.38. The molecule has 0 radical (unpaired) electrons. The fraction of sp³-hybridized carbons (Fsp3) is 0.625. The van der Waals surface area contributed by atoms with Crippen molar-refractivity contribution in [3.8, 4) is 0 Å². The van der Waals surface area contributed by atoms with Crippen LogP contribution < -0.4 is 10.8 Å². The fourth-order valence-electron chi connectivity index (χ4n) is 2.26. The second-order valence-electron chi connectivity index (χ2n) is 6.55. The van der Waals surface area contributed by atoms with E-state index in [0.29, 0.717) is 6.54 Å². The summed E-state index contributed by atoms with van der Waals surface area (Å²) in [5, 5.41) is 11.9. The molecule has 0 unspecified atom stereocenters. The summed E-state index contributed by atoms with van der Waals surface area (Å²) in [5.74, 6) is 0. The van der Waals surface area contributed by atoms with Gasteiger partial charge in [0.1, 0.15) is 0 Å². The van der Waals surface area contributed by atoms with Crippen molar-refractivity contribution < 1.29 is 14.4 Å². The van der Waals surface area contributed by atoms with Crippen molar-refractivity contribution in [2.45, 2.75) is 45.3 Å². The molecule has 0 saturated carbocycles. The van der Waals surface area contributed by atoms with Crippen LogP contribution in [-0.4, -0.2) is 43.1 Å². The van der Waals surface area contributed by atoms with Crippen LogP contribution in [0.2, 0.25) is 0 Å². The molecule has 4 nitrogen and oxygen atoms in total. The van der Waals surface area contributed by atoms with Crippen LogP contribution in [-0.2, 0) is 15.7 Å². The summed E-state index contributed by atoms with van der Waals surface area (Å²) in [6.07, 6.45) is 0.948. The zero-order valence-electron chi connectivity index (χ0n) is 13.5. The molecule has 1 fully saturated rings. The van der Waals surface area contributed by atoms with Gasteiger partial charge in [-0.05, 0) is 51.7 Å². The first kappa shape index (κ1) is 16.5. The van der Waals surface area contributed by atoms with Crippen molar-refractivity contribution >= 4 is 12.6 Å². The molecule has 0 amide bonds. The highest BCUT2D eigenvalue weighted by molar-refractivity contribution is 6.62. The molecule has 2 rings (SSSR count). The molecule has 1 aromatic rings. The van der Waals surface area contributed by atoms with Crippen LogP contribution in [0.4, 0.5) is 0 Å². The number of rotatable bonds is 6. The summed E-state index contributed by atoms with van der Waals surface area (Å²) in [6, 6.07) is 8.37. The standard InChI is InChI=1S/C16H26BNO3/c1-15(2)16(3,4)21-17(20-15)14-7-5-13(6-8-14)9-10-18-11-12-19/h5-8,18-19H,9-12H2,1-4H3. The molecular weight excluding hydrogens is 265 g/mol. The fourth-order valence-corrected chi connectivity index (χ4v) is 2.26. The Hall–Kier alpha value is -0.875. The predicted molar refractivity (Wildman–Crippen MR) is 85.8 cm³/mol. The Balaban J connectivity index is 1.94. The molecule has 0 aromatic heterocycles. The first-order valence-corrected chi connectivity index (χ1v) is 7.62. The van der Waals surface area contributed by atoms with Crippen molar-refractivity contribution in [3.05, 3.63) is 29.8 Å². The molecule has 1 aromatic carbocycles. The molecule has 1 aliphatic rings. The van der Waals surface area contributed by atoms with Crippen LogP contribution in [0.3, 0.4) is 0 Å². The highest BCUT2D eigenvalue weighted by Crippen LogP contribution is 2.36. The summed E-state index contributed by atoms with van der Waals surface area (Å²) >= 11 is 0. The monoisotopic (exact) mass is 291 g/mol. The van der Waals surface area contributed by atoms with E-state index in [9.17, 15) is 0 Å². The van der Waals surface area contributed by atoms with E-state index in [2.05, 4.69) is 57.3 Å². The Labute approximate surface area is 128 Å². The highest BCUT2D eigenvalue weighted by Gasteiger charge is 2.51. The van der Waals surface area contributed by atoms with E-state index in [1.54, 1.807) is 0 Å². The maximum Gasteiger partial charge on any atom is 0.494 e. The Kier molecular flexibility index (Phi) is 5.09. The molecule has 116 valence electrons. The molecule has 0 aliphatic carbocycles. The van der Waals surface area contributed by atoms with Crippen LogP contribution >= 0.6 is 0 Å². The summed E-state index contributed by atoms with van der Waals surface area (Å²) in [4.78, 5) is 0. The van der Waals surface area contributed by atoms with Crippen LogP contribution in [0.25, 0.3) is 0 Å². The SMILES string of the molecule is CC1(C)OB(c2ccc(CCNCCO)cc2)OC1(C)C. The summed E-state index contributed by atoms with van der Waals surface area (Å²) in [5.41, 5.74) is 1.72. The summed E-state index contributed by atoms with van der Waals surface area (Å²) in [6.45, 7) is 9.95. The number of aliphatic hydroxyl groups is 1. The van der Waals surface area contributed by atoms with E-state index in [1.807, 2.05) is 0 Å². The van der Waals surface area contributed by atoms with E-state index in [0.717, 1.165) is 18.4 Å². The molecule has 1 aliphatic heterocycles. The molecule has 1 saturated heterocycles. The number of aliphatic hydroxyl groups excluding tert-OH is 1. The van der Waals surface area contributed by atoms with Crippen molar-refractivity contribution in [3.63, 3.8) is 0 Å². The van der Waals surface area contributed by atoms with Crippen LogP contribution in [0, 0.1) is 0 Å². The van der Waals surface area contributed by atoms with Crippen molar-refractivity contribution in [1.82, 2.24) is 5.32 Å². The molecule has 2 N–H and O–H groups in total. The normalized spacial score (nSPS) is 20.0. The summed E-state index contributed by atoms with van der Waals surface area (Å²) in [7, 11) is -0.295. The summed E-state index contributed by atoms with van der Waals surface area (Å²) < 4.78 is 12.1. The van der Waals surface area contributed by atoms with Crippen LogP contribution in [0.15, 0.2) is 24.3 Å². The Morgan fingerprint density at radius 1 is 1.00 bits per heavy atom. The molecule has 21 heavy (non-hydrogen) atoms. The molecule has 0 bridgehead atoms. The van der Waals surface area contributed by atoms with Crippen LogP contribution in [0.5, 0.6) is 0 Å². The Bertz CT molecular complexity index is 443. The zero-order chi connectivity index (χ0) is 15.5. The molecule has 5 heteroatoms. The largest absolute Gasteiger partial charge is 0.494 e. The van der Waals surface area contributed by atoms with Gasteiger partial charge in [-0.15, -0.1) is 0 Å². The van der Waals surface area contributed by atoms with Crippen molar-refractivity contribution in [2.75, 3.05) is 19.7 Å². The lowest BCUT2D eigenvalue weighted by Gasteiger charge is -2.32. The van der Waals surface area contributed by atoms with Gasteiger partial charge in [0.15, 0.2) is 0 Å². The van der Waals surface area contributed by atoms with Gasteiger partial charge in [0.2, 0.25) is 0 Å². The van der Waals surface area contributed by atoms with E-state index in [1.165, 1.54) is 5.56 Å². The van der Waals surface area contributed by atoms with Gasteiger partial charge in [0, 0.05) is 6.54 Å². The maximum atomic E-state index is 8.72. The van der Waals surface area contributed by atoms with Gasteiger partial charge in [-0.25, -0.2) is 0 Å². The third kappa shape index (κ3) is 3.86. The van der Waals surface area contributed by atoms with E-state index >= 15 is 0 Å². The minimum atomic E-state index is -0.301. The lowest BCUT2D eigenvalue weighted by atomic mass is 9.79. The Morgan fingerprint density at radius 3 is 2.10 bits per heavy atom. The van der Waals surface area contributed by atoms with Gasteiger partial charge >= 0.3 is 7.12 Å². The quantitative estimate of drug-likeness (QED) is 0.609. The molecule has 1 heterocycles. The van der Waals surface area contributed by atoms with E-state index < -0.39 is 0 Å². The first-order chi connectivity index (χ1) is 9.86. The lowest BCUT2D eigenvalue weighted by molar-refractivity contribution is 0.00578. The average Bonchev–Trinajstić information content (AvgIpc) is 2.64. The third-order valence-corrected chi connectivity index (χ3v) is 4.38. The topological polar surface area (TPSA) is 50.7 Å². The van der Waals surface area contributed by atoms with Gasteiger partial charge in [-0.2, -0.15) is 0 Å². The van der Waals surface area contributed by atoms with Gasteiger partial charge in [0.25, 0.3) is 0 Å². The molecule has 0 atom stereocenters. The van der Waals surface area contributed by atoms with Gasteiger partial charge in [-0.3, -0.25) is 0 Å². The second kappa shape index (κ2) is 6.49. The van der Waals surface area contributed by atoms with Crippen LogP contribution in [0.1, 0.15) is 33.3 Å². The number of hydrogen-bond acceptors (Lipinski definition) is 4. The minimum Gasteiger partial charge on any atom is -0.399 e. The lowest BCUT2D eigenvalue weighted by Crippen LogP contribution is -2.41. The van der Waals surface area contributed by atoms with Crippen molar-refractivity contribution in [2.24, 2.45) is 0 Å². The van der Waals surface area contributed by atoms with Gasteiger partial charge in [-0.1, -0.05) is 24.3 Å². The van der Waals surface area contributed by atoms with E-state index in [4.69, 9.17) is 14.4 Å². The molecular formula is C16H26BNO3. The maximum absolute atomic E-state index is 8.72. The predicted octanol–water partition coefficient (Wildman–Crippen LogP) is 1.11. The highest BCUT2D eigenvalue weighted by atomic mass is 16.7. The minimum absolute atomic E-state index is 0.181. The number of benzene rings is 1. The smallest absolute Gasteiger partial charge is 0.399 e.